The molecular formula is C11H18N4O3S. The van der Waals surface area contributed by atoms with Crippen molar-refractivity contribution in [1.82, 2.24) is 15.5 Å². The van der Waals surface area contributed by atoms with E-state index in [1.165, 1.54) is 0 Å². The first-order valence-corrected chi connectivity index (χ1v) is 6.53. The van der Waals surface area contributed by atoms with E-state index in [0.717, 1.165) is 25.9 Å². The number of hydrogen-bond donors (Lipinski definition) is 3. The van der Waals surface area contributed by atoms with Gasteiger partial charge in [0.1, 0.15) is 0 Å². The van der Waals surface area contributed by atoms with Crippen LogP contribution in [0.2, 0.25) is 0 Å². The molecule has 4 N–H and O–H groups in total. The second-order valence-corrected chi connectivity index (χ2v) is 4.77. The number of carbonyl (C=O) groups is 3. The summed E-state index contributed by atoms with van der Waals surface area (Å²) in [6, 6.07) is 0. The SMILES string of the molecule is NC(=S)CNC(=O)C(=O)NCCC(=O)N1CCCC1. The minimum atomic E-state index is -0.804. The fraction of sp³-hybridized carbons (Fsp3) is 0.636. The van der Waals surface area contributed by atoms with Crippen LogP contribution in [0.4, 0.5) is 0 Å². The van der Waals surface area contributed by atoms with Gasteiger partial charge in [-0.15, -0.1) is 0 Å². The number of likely N-dealkylation sites (tertiary alicyclic amines) is 1. The van der Waals surface area contributed by atoms with Crippen LogP contribution in [0.5, 0.6) is 0 Å². The van der Waals surface area contributed by atoms with Crippen LogP contribution in [0, 0.1) is 0 Å². The number of amides is 3. The molecule has 8 heteroatoms. The fourth-order valence-corrected chi connectivity index (χ4v) is 1.81. The summed E-state index contributed by atoms with van der Waals surface area (Å²) in [5.41, 5.74) is 5.19. The first-order valence-electron chi connectivity index (χ1n) is 6.13. The standard InChI is InChI=1S/C11H18N4O3S/c12-8(19)7-14-11(18)10(17)13-4-3-9(16)15-5-1-2-6-15/h1-7H2,(H2,12,19)(H,13,17)(H,14,18). The molecule has 0 unspecified atom stereocenters. The van der Waals surface area contributed by atoms with Gasteiger partial charge < -0.3 is 21.3 Å². The monoisotopic (exact) mass is 286 g/mol. The Morgan fingerprint density at radius 3 is 2.26 bits per heavy atom. The van der Waals surface area contributed by atoms with Crippen molar-refractivity contribution in [2.75, 3.05) is 26.2 Å². The maximum Gasteiger partial charge on any atom is 0.309 e. The molecule has 0 radical (unpaired) electrons. The molecule has 0 aliphatic carbocycles. The van der Waals surface area contributed by atoms with Crippen LogP contribution in [-0.2, 0) is 14.4 Å². The van der Waals surface area contributed by atoms with Crippen LogP contribution in [-0.4, -0.2) is 53.8 Å². The molecule has 3 amide bonds. The predicted molar refractivity (Wildman–Crippen MR) is 73.2 cm³/mol. The highest BCUT2D eigenvalue weighted by atomic mass is 32.1. The lowest BCUT2D eigenvalue weighted by atomic mass is 10.3. The van der Waals surface area contributed by atoms with Crippen LogP contribution in [0.3, 0.4) is 0 Å². The van der Waals surface area contributed by atoms with Crippen LogP contribution in [0.25, 0.3) is 0 Å². The van der Waals surface area contributed by atoms with Crippen LogP contribution in [0.15, 0.2) is 0 Å². The fourth-order valence-electron chi connectivity index (χ4n) is 1.74. The summed E-state index contributed by atoms with van der Waals surface area (Å²) < 4.78 is 0. The largest absolute Gasteiger partial charge is 0.392 e. The Bertz CT molecular complexity index is 380. The molecule has 7 nitrogen and oxygen atoms in total. The van der Waals surface area contributed by atoms with Crippen molar-refractivity contribution in [3.63, 3.8) is 0 Å². The molecular weight excluding hydrogens is 268 g/mol. The summed E-state index contributed by atoms with van der Waals surface area (Å²) in [5, 5.41) is 4.64. The van der Waals surface area contributed by atoms with Gasteiger partial charge in [-0.1, -0.05) is 12.2 Å². The van der Waals surface area contributed by atoms with Gasteiger partial charge in [0.25, 0.3) is 0 Å². The summed E-state index contributed by atoms with van der Waals surface area (Å²) >= 11 is 4.56. The van der Waals surface area contributed by atoms with Crippen molar-refractivity contribution >= 4 is 34.9 Å². The number of nitrogens with zero attached hydrogens (tertiary/aromatic N) is 1. The Labute approximate surface area is 116 Å². The molecule has 1 heterocycles. The Balaban J connectivity index is 2.17. The van der Waals surface area contributed by atoms with E-state index < -0.39 is 11.8 Å². The molecule has 0 aromatic heterocycles. The Morgan fingerprint density at radius 2 is 1.68 bits per heavy atom. The zero-order valence-corrected chi connectivity index (χ0v) is 11.4. The number of rotatable bonds is 5. The quantitative estimate of drug-likeness (QED) is 0.422. The molecule has 106 valence electrons. The maximum absolute atomic E-state index is 11.7. The topological polar surface area (TPSA) is 105 Å². The molecule has 19 heavy (non-hydrogen) atoms. The summed E-state index contributed by atoms with van der Waals surface area (Å²) in [5.74, 6) is -1.59. The average molecular weight is 286 g/mol. The van der Waals surface area contributed by atoms with E-state index in [1.807, 2.05) is 0 Å². The van der Waals surface area contributed by atoms with Gasteiger partial charge in [-0.2, -0.15) is 0 Å². The van der Waals surface area contributed by atoms with Gasteiger partial charge in [-0.25, -0.2) is 0 Å². The highest BCUT2D eigenvalue weighted by molar-refractivity contribution is 7.80. The normalized spacial score (nSPS) is 14.0. The second-order valence-electron chi connectivity index (χ2n) is 4.24. The first-order chi connectivity index (χ1) is 9.00. The molecule has 1 saturated heterocycles. The molecule has 0 aromatic carbocycles. The second kappa shape index (κ2) is 7.67. The van der Waals surface area contributed by atoms with Crippen molar-refractivity contribution in [3.8, 4) is 0 Å². The highest BCUT2D eigenvalue weighted by Crippen LogP contribution is 2.08. The minimum absolute atomic E-state index is 0.00124. The third-order valence-electron chi connectivity index (χ3n) is 2.71. The van der Waals surface area contributed by atoms with Crippen molar-refractivity contribution in [3.05, 3.63) is 0 Å². The molecule has 0 spiro atoms. The molecule has 0 atom stereocenters. The lowest BCUT2D eigenvalue weighted by Crippen LogP contribution is -2.43. The number of nitrogens with one attached hydrogen (secondary N) is 2. The van der Waals surface area contributed by atoms with Crippen LogP contribution >= 0.6 is 12.2 Å². The minimum Gasteiger partial charge on any atom is -0.392 e. The van der Waals surface area contributed by atoms with Crippen LogP contribution in [0.1, 0.15) is 19.3 Å². The van der Waals surface area contributed by atoms with Gasteiger partial charge in [-0.05, 0) is 12.8 Å². The zero-order chi connectivity index (χ0) is 14.3. The summed E-state index contributed by atoms with van der Waals surface area (Å²) in [7, 11) is 0. The lowest BCUT2D eigenvalue weighted by Gasteiger charge is -2.15. The van der Waals surface area contributed by atoms with Crippen molar-refractivity contribution in [2.24, 2.45) is 5.73 Å². The van der Waals surface area contributed by atoms with Gasteiger partial charge in [0, 0.05) is 26.1 Å². The third kappa shape index (κ3) is 5.64. The van der Waals surface area contributed by atoms with E-state index in [4.69, 9.17) is 5.73 Å². The van der Waals surface area contributed by atoms with Crippen molar-refractivity contribution < 1.29 is 14.4 Å². The van der Waals surface area contributed by atoms with E-state index in [-0.39, 0.29) is 30.4 Å². The molecule has 0 aromatic rings. The first kappa shape index (κ1) is 15.4. The highest BCUT2D eigenvalue weighted by Gasteiger charge is 2.18. The van der Waals surface area contributed by atoms with E-state index in [0.29, 0.717) is 0 Å². The third-order valence-corrected chi connectivity index (χ3v) is 2.86. The maximum atomic E-state index is 11.7. The lowest BCUT2D eigenvalue weighted by molar-refractivity contribution is -0.139. The number of hydrogen-bond acceptors (Lipinski definition) is 4. The average Bonchev–Trinajstić information content (AvgIpc) is 2.89. The zero-order valence-electron chi connectivity index (χ0n) is 10.6. The molecule has 1 rings (SSSR count). The van der Waals surface area contributed by atoms with Crippen molar-refractivity contribution in [1.29, 1.82) is 0 Å². The van der Waals surface area contributed by atoms with Gasteiger partial charge in [0.15, 0.2) is 0 Å². The van der Waals surface area contributed by atoms with E-state index in [2.05, 4.69) is 22.9 Å². The Kier molecular flexibility index (Phi) is 6.20. The summed E-state index contributed by atoms with van der Waals surface area (Å²) in [4.78, 5) is 36.1. The number of carbonyl (C=O) groups excluding carboxylic acids is 3. The molecule has 0 saturated carbocycles. The van der Waals surface area contributed by atoms with Gasteiger partial charge in [0.05, 0.1) is 11.5 Å². The van der Waals surface area contributed by atoms with Gasteiger partial charge in [0.2, 0.25) is 5.91 Å². The van der Waals surface area contributed by atoms with E-state index in [1.54, 1.807) is 4.90 Å². The van der Waals surface area contributed by atoms with Crippen LogP contribution < -0.4 is 16.4 Å². The van der Waals surface area contributed by atoms with E-state index in [9.17, 15) is 14.4 Å². The molecule has 1 aliphatic rings. The molecule has 0 bridgehead atoms. The number of thiocarbonyl (C=S) groups is 1. The molecule has 1 fully saturated rings. The van der Waals surface area contributed by atoms with Crippen molar-refractivity contribution in [2.45, 2.75) is 19.3 Å². The summed E-state index contributed by atoms with van der Waals surface area (Å²) in [6.45, 7) is 1.69. The summed E-state index contributed by atoms with van der Waals surface area (Å²) in [6.07, 6.45) is 2.26. The Morgan fingerprint density at radius 1 is 1.11 bits per heavy atom. The predicted octanol–water partition coefficient (Wildman–Crippen LogP) is -1.48. The van der Waals surface area contributed by atoms with Gasteiger partial charge >= 0.3 is 11.8 Å². The van der Waals surface area contributed by atoms with Gasteiger partial charge in [-0.3, -0.25) is 14.4 Å². The number of nitrogens with two attached hydrogens (primary N) is 1. The Hall–Kier alpha value is -1.70. The molecule has 1 aliphatic heterocycles. The smallest absolute Gasteiger partial charge is 0.309 e. The van der Waals surface area contributed by atoms with E-state index >= 15 is 0 Å².